The number of ether oxygens (including phenoxy) is 4. The SMILES string of the molecule is CC(=O)O[C@@H]1C[C@@H]2CC[C@@H]3[C@H](CC[C@]4(C)[C@@H]5[C@H](C[C@@H]34)O[C@]3(CC[C@@H](C)CO3)[C@H]5C)[C@@]2(C)C[C@H]1OC(C)=O. The zero-order valence-corrected chi connectivity index (χ0v) is 23.8. The zero-order valence-electron chi connectivity index (χ0n) is 23.8. The summed E-state index contributed by atoms with van der Waals surface area (Å²) < 4.78 is 24.9. The first-order valence-electron chi connectivity index (χ1n) is 15.1. The fourth-order valence-corrected chi connectivity index (χ4v) is 10.9. The Morgan fingerprint density at radius 3 is 2.24 bits per heavy atom. The molecule has 0 radical (unpaired) electrons. The summed E-state index contributed by atoms with van der Waals surface area (Å²) in [5.41, 5.74) is 0.406. The Hall–Kier alpha value is -1.14. The molecule has 4 aliphatic carbocycles. The predicted octanol–water partition coefficient (Wildman–Crippen LogP) is 5.91. The minimum absolute atomic E-state index is 0.106. The fourth-order valence-electron chi connectivity index (χ4n) is 10.9. The number of hydrogen-bond donors (Lipinski definition) is 0. The molecule has 4 saturated carbocycles. The maximum Gasteiger partial charge on any atom is 0.303 e. The molecule has 0 amide bonds. The van der Waals surface area contributed by atoms with Gasteiger partial charge in [0, 0.05) is 26.2 Å². The maximum atomic E-state index is 12.0. The summed E-state index contributed by atoms with van der Waals surface area (Å²) in [4.78, 5) is 23.8. The van der Waals surface area contributed by atoms with Gasteiger partial charge in [-0.15, -0.1) is 0 Å². The molecule has 0 aromatic carbocycles. The van der Waals surface area contributed by atoms with E-state index in [-0.39, 0.29) is 35.3 Å². The van der Waals surface area contributed by atoms with E-state index in [9.17, 15) is 9.59 Å². The van der Waals surface area contributed by atoms with Gasteiger partial charge in [-0.2, -0.15) is 0 Å². The Labute approximate surface area is 222 Å². The molecule has 0 unspecified atom stereocenters. The van der Waals surface area contributed by atoms with Gasteiger partial charge >= 0.3 is 11.9 Å². The lowest BCUT2D eigenvalue weighted by Gasteiger charge is -2.62. The quantitative estimate of drug-likeness (QED) is 0.425. The molecule has 0 aromatic rings. The molecule has 6 heteroatoms. The van der Waals surface area contributed by atoms with Crippen molar-refractivity contribution in [3.63, 3.8) is 0 Å². The van der Waals surface area contributed by atoms with E-state index in [2.05, 4.69) is 27.7 Å². The molecule has 2 aliphatic heterocycles. The van der Waals surface area contributed by atoms with Gasteiger partial charge in [-0.1, -0.05) is 27.7 Å². The molecule has 1 spiro atoms. The van der Waals surface area contributed by atoms with Gasteiger partial charge in [0.05, 0.1) is 12.7 Å². The van der Waals surface area contributed by atoms with Crippen molar-refractivity contribution in [2.45, 2.75) is 123 Å². The van der Waals surface area contributed by atoms with Gasteiger partial charge in [-0.25, -0.2) is 0 Å². The van der Waals surface area contributed by atoms with E-state index in [1.807, 2.05) is 0 Å². The van der Waals surface area contributed by atoms with Crippen LogP contribution in [0, 0.1) is 52.3 Å². The van der Waals surface area contributed by atoms with Crippen LogP contribution in [0.15, 0.2) is 0 Å². The number of carbonyl (C=O) groups excluding carboxylic acids is 2. The molecule has 6 fully saturated rings. The van der Waals surface area contributed by atoms with Crippen molar-refractivity contribution < 1.29 is 28.5 Å². The normalized spacial score (nSPS) is 54.5. The van der Waals surface area contributed by atoms with E-state index in [0.717, 1.165) is 32.3 Å². The van der Waals surface area contributed by atoms with Crippen molar-refractivity contribution in [1.82, 2.24) is 0 Å². The fraction of sp³-hybridized carbons (Fsp3) is 0.935. The molecule has 0 N–H and O–H groups in total. The van der Waals surface area contributed by atoms with E-state index in [0.29, 0.717) is 52.9 Å². The van der Waals surface area contributed by atoms with Crippen LogP contribution in [-0.2, 0) is 28.5 Å². The highest BCUT2D eigenvalue weighted by atomic mass is 16.7. The lowest BCUT2D eigenvalue weighted by Crippen LogP contribution is -2.58. The number of carbonyl (C=O) groups is 2. The van der Waals surface area contributed by atoms with Crippen molar-refractivity contribution in [2.24, 2.45) is 52.3 Å². The molecule has 0 aromatic heterocycles. The Morgan fingerprint density at radius 2 is 1.57 bits per heavy atom. The van der Waals surface area contributed by atoms with Crippen LogP contribution in [0.1, 0.15) is 99.3 Å². The zero-order chi connectivity index (χ0) is 26.3. The van der Waals surface area contributed by atoms with Gasteiger partial charge in [0.2, 0.25) is 0 Å². The van der Waals surface area contributed by atoms with Crippen LogP contribution >= 0.6 is 0 Å². The van der Waals surface area contributed by atoms with Crippen LogP contribution in [0.2, 0.25) is 0 Å². The topological polar surface area (TPSA) is 71.1 Å². The Kier molecular flexibility index (Phi) is 6.31. The highest BCUT2D eigenvalue weighted by Gasteiger charge is 2.69. The monoisotopic (exact) mass is 516 g/mol. The highest BCUT2D eigenvalue weighted by Crippen LogP contribution is 2.71. The van der Waals surface area contributed by atoms with E-state index < -0.39 is 0 Å². The third-order valence-corrected chi connectivity index (χ3v) is 12.5. The minimum Gasteiger partial charge on any atom is -0.459 e. The number of rotatable bonds is 2. The van der Waals surface area contributed by atoms with Crippen molar-refractivity contribution >= 4 is 11.9 Å². The van der Waals surface area contributed by atoms with Gasteiger partial charge < -0.3 is 18.9 Å². The second-order valence-corrected chi connectivity index (χ2v) is 14.4. The first kappa shape index (κ1) is 26.1. The molecule has 13 atom stereocenters. The lowest BCUT2D eigenvalue weighted by molar-refractivity contribution is -0.273. The Morgan fingerprint density at radius 1 is 0.838 bits per heavy atom. The predicted molar refractivity (Wildman–Crippen MR) is 138 cm³/mol. The van der Waals surface area contributed by atoms with Crippen molar-refractivity contribution in [1.29, 1.82) is 0 Å². The Bertz CT molecular complexity index is 925. The molecule has 37 heavy (non-hydrogen) atoms. The number of fused-ring (bicyclic) bond motifs is 7. The summed E-state index contributed by atoms with van der Waals surface area (Å²) in [6.07, 6.45) is 9.57. The first-order valence-corrected chi connectivity index (χ1v) is 15.1. The second-order valence-electron chi connectivity index (χ2n) is 14.4. The van der Waals surface area contributed by atoms with E-state index >= 15 is 0 Å². The van der Waals surface area contributed by atoms with Gasteiger partial charge in [-0.05, 0) is 97.7 Å². The maximum absolute atomic E-state index is 12.0. The van der Waals surface area contributed by atoms with Crippen LogP contribution in [0.25, 0.3) is 0 Å². The summed E-state index contributed by atoms with van der Waals surface area (Å²) in [6, 6.07) is 0. The van der Waals surface area contributed by atoms with Crippen LogP contribution in [0.4, 0.5) is 0 Å². The Balaban J connectivity index is 1.23. The molecule has 2 heterocycles. The van der Waals surface area contributed by atoms with Crippen molar-refractivity contribution in [2.75, 3.05) is 6.61 Å². The van der Waals surface area contributed by atoms with Crippen LogP contribution in [0.5, 0.6) is 0 Å². The standard InChI is InChI=1S/C31H48O6/c1-17-9-12-31(34-16-17)18(2)28-26(37-31)14-24-22-8-7-21-13-25(35-19(3)32)27(36-20(4)33)15-30(21,6)23(22)10-11-29(24,28)5/h17-18,21-28H,7-16H2,1-6H3/t17-,18+,21+,22-,23+,24+,25-,26+,27-,28+,29+,30+,31-/m1/s1. The summed E-state index contributed by atoms with van der Waals surface area (Å²) in [6.45, 7) is 13.5. The van der Waals surface area contributed by atoms with E-state index in [4.69, 9.17) is 18.9 Å². The molecule has 6 rings (SSSR count). The summed E-state index contributed by atoms with van der Waals surface area (Å²) in [5, 5.41) is 0. The molecule has 0 bridgehead atoms. The first-order chi connectivity index (χ1) is 17.5. The molecule has 6 nitrogen and oxygen atoms in total. The smallest absolute Gasteiger partial charge is 0.303 e. The van der Waals surface area contributed by atoms with Crippen molar-refractivity contribution in [3.05, 3.63) is 0 Å². The third-order valence-electron chi connectivity index (χ3n) is 12.5. The van der Waals surface area contributed by atoms with Gasteiger partial charge in [-0.3, -0.25) is 9.59 Å². The average Bonchev–Trinajstić information content (AvgIpc) is 3.26. The minimum atomic E-state index is -0.358. The van der Waals surface area contributed by atoms with Crippen LogP contribution < -0.4 is 0 Å². The molecular formula is C31H48O6. The molecule has 208 valence electrons. The van der Waals surface area contributed by atoms with Crippen molar-refractivity contribution in [3.8, 4) is 0 Å². The average molecular weight is 517 g/mol. The lowest BCUT2D eigenvalue weighted by atomic mass is 9.44. The molecule has 6 aliphatic rings. The van der Waals surface area contributed by atoms with Crippen LogP contribution in [0.3, 0.4) is 0 Å². The van der Waals surface area contributed by atoms with E-state index in [1.54, 1.807) is 0 Å². The number of hydrogen-bond acceptors (Lipinski definition) is 6. The third kappa shape index (κ3) is 3.93. The summed E-state index contributed by atoms with van der Waals surface area (Å²) in [7, 11) is 0. The largest absolute Gasteiger partial charge is 0.459 e. The van der Waals surface area contributed by atoms with Crippen LogP contribution in [-0.4, -0.2) is 42.6 Å². The summed E-state index contributed by atoms with van der Waals surface area (Å²) >= 11 is 0. The van der Waals surface area contributed by atoms with Gasteiger partial charge in [0.25, 0.3) is 0 Å². The highest BCUT2D eigenvalue weighted by molar-refractivity contribution is 5.67. The van der Waals surface area contributed by atoms with E-state index in [1.165, 1.54) is 46.0 Å². The van der Waals surface area contributed by atoms with Gasteiger partial charge in [0.1, 0.15) is 12.2 Å². The molecular weight excluding hydrogens is 468 g/mol. The second kappa shape index (κ2) is 8.94. The van der Waals surface area contributed by atoms with Gasteiger partial charge in [0.15, 0.2) is 5.79 Å². The molecule has 2 saturated heterocycles. The number of esters is 2. The summed E-state index contributed by atoms with van der Waals surface area (Å²) in [5.74, 6) is 3.21.